The first-order valence-corrected chi connectivity index (χ1v) is 9.66. The Morgan fingerprint density at radius 3 is 2.55 bits per heavy atom. The van der Waals surface area contributed by atoms with Crippen molar-refractivity contribution in [3.05, 3.63) is 66.7 Å². The molecule has 158 valence electrons. The fraction of sp³-hybridized carbons (Fsp3) is 0.182. The Morgan fingerprint density at radius 2 is 1.97 bits per heavy atom. The Labute approximate surface area is 177 Å². The molecule has 4 heterocycles. The quantitative estimate of drug-likeness (QED) is 0.523. The van der Waals surface area contributed by atoms with Crippen LogP contribution in [0.25, 0.3) is 28.2 Å². The van der Waals surface area contributed by atoms with Crippen LogP contribution in [0.5, 0.6) is 0 Å². The molecule has 1 fully saturated rings. The molecule has 0 spiro atoms. The van der Waals surface area contributed by atoms with E-state index in [1.807, 2.05) is 36.7 Å². The van der Waals surface area contributed by atoms with Gasteiger partial charge >= 0.3 is 0 Å². The molecule has 1 atom stereocenters. The summed E-state index contributed by atoms with van der Waals surface area (Å²) >= 11 is 0. The third-order valence-electron chi connectivity index (χ3n) is 5.04. The minimum atomic E-state index is -0.722. The second-order valence-corrected chi connectivity index (χ2v) is 7.17. The second-order valence-electron chi connectivity index (χ2n) is 7.17. The van der Waals surface area contributed by atoms with Crippen molar-refractivity contribution in [1.29, 1.82) is 0 Å². The van der Waals surface area contributed by atoms with Crippen LogP contribution in [0.15, 0.2) is 65.6 Å². The number of hydrogen-bond acceptors (Lipinski definition) is 6. The highest BCUT2D eigenvalue weighted by atomic mass is 16.5. The van der Waals surface area contributed by atoms with E-state index < -0.39 is 12.0 Å². The van der Waals surface area contributed by atoms with E-state index in [1.54, 1.807) is 29.6 Å². The summed E-state index contributed by atoms with van der Waals surface area (Å²) in [5.41, 5.74) is 9.71. The van der Waals surface area contributed by atoms with Gasteiger partial charge < -0.3 is 24.7 Å². The Bertz CT molecular complexity index is 1220. The van der Waals surface area contributed by atoms with Crippen LogP contribution in [0.3, 0.4) is 0 Å². The van der Waals surface area contributed by atoms with E-state index in [0.717, 1.165) is 22.5 Å². The van der Waals surface area contributed by atoms with Crippen LogP contribution in [0, 0.1) is 0 Å². The Kier molecular flexibility index (Phi) is 5.50. The largest absolute Gasteiger partial charge is 0.383 e. The summed E-state index contributed by atoms with van der Waals surface area (Å²) in [5.74, 6) is -0.644. The molecule has 2 amide bonds. The number of hydrogen-bond donors (Lipinski definition) is 2. The van der Waals surface area contributed by atoms with Crippen LogP contribution in [0.4, 0.5) is 0 Å². The first kappa shape index (κ1) is 20.3. The number of nitrogens with two attached hydrogens (primary N) is 1. The molecule has 9 nitrogen and oxygen atoms in total. The van der Waals surface area contributed by atoms with Gasteiger partial charge in [0.05, 0.1) is 11.3 Å². The van der Waals surface area contributed by atoms with Crippen molar-refractivity contribution in [1.82, 2.24) is 19.4 Å². The molecule has 3 aromatic heterocycles. The van der Waals surface area contributed by atoms with Gasteiger partial charge in [-0.05, 0) is 24.6 Å². The molecular weight excluding hydrogens is 398 g/mol. The minimum absolute atomic E-state index is 0.148. The standard InChI is InChI=1S/C17H12N4O2.C5H9NO2/c18-16(22)13-5-2-7-21-10-15(19-17(13)21)12-4-1-3-11(9-12)14-6-8-23-20-14;1-6-3-2-4(7)5(6)8/h1-10H,(H2,18,22);4,7H,2-3H2,1H3. The number of carbonyl (C=O) groups is 2. The summed E-state index contributed by atoms with van der Waals surface area (Å²) < 4.78 is 6.67. The fourth-order valence-corrected chi connectivity index (χ4v) is 3.35. The number of likely N-dealkylation sites (N-methyl/N-ethyl adjacent to an activating group) is 1. The number of aromatic nitrogens is 3. The van der Waals surface area contributed by atoms with Crippen molar-refractivity contribution in [2.75, 3.05) is 13.6 Å². The Morgan fingerprint density at radius 1 is 1.19 bits per heavy atom. The van der Waals surface area contributed by atoms with Crippen LogP contribution < -0.4 is 5.73 Å². The maximum absolute atomic E-state index is 11.5. The first-order chi connectivity index (χ1) is 14.9. The molecule has 4 aromatic rings. The lowest BCUT2D eigenvalue weighted by atomic mass is 10.1. The zero-order valence-electron chi connectivity index (χ0n) is 16.8. The Balaban J connectivity index is 0.000000245. The monoisotopic (exact) mass is 419 g/mol. The number of benzene rings is 1. The number of aliphatic hydroxyl groups is 1. The first-order valence-electron chi connectivity index (χ1n) is 9.66. The molecule has 1 saturated heterocycles. The van der Waals surface area contributed by atoms with Crippen LogP contribution in [-0.4, -0.2) is 56.1 Å². The van der Waals surface area contributed by atoms with E-state index in [0.29, 0.717) is 24.2 Å². The van der Waals surface area contributed by atoms with Crippen LogP contribution in [-0.2, 0) is 4.79 Å². The van der Waals surface area contributed by atoms with Gasteiger partial charge in [-0.2, -0.15) is 0 Å². The van der Waals surface area contributed by atoms with Crippen molar-refractivity contribution < 1.29 is 19.2 Å². The molecule has 0 aliphatic carbocycles. The minimum Gasteiger partial charge on any atom is -0.383 e. The van der Waals surface area contributed by atoms with Crippen molar-refractivity contribution in [2.45, 2.75) is 12.5 Å². The number of aliphatic hydroxyl groups excluding tert-OH is 1. The SMILES string of the molecule is CN1CCC(O)C1=O.NC(=O)c1cccn2cc(-c3cccc(-c4ccon4)c3)nc12. The number of nitrogens with zero attached hydrogens (tertiary/aromatic N) is 4. The summed E-state index contributed by atoms with van der Waals surface area (Å²) in [6, 6.07) is 13.0. The normalized spacial score (nSPS) is 15.7. The zero-order chi connectivity index (χ0) is 22.0. The van der Waals surface area contributed by atoms with E-state index in [-0.39, 0.29) is 5.91 Å². The molecule has 1 unspecified atom stereocenters. The highest BCUT2D eigenvalue weighted by Crippen LogP contribution is 2.25. The highest BCUT2D eigenvalue weighted by Gasteiger charge is 2.26. The molecule has 1 aromatic carbocycles. The van der Waals surface area contributed by atoms with Gasteiger partial charge in [-0.15, -0.1) is 0 Å². The third kappa shape index (κ3) is 4.17. The maximum atomic E-state index is 11.5. The van der Waals surface area contributed by atoms with Gasteiger partial charge in [-0.1, -0.05) is 23.4 Å². The number of amides is 2. The molecule has 5 rings (SSSR count). The van der Waals surface area contributed by atoms with Crippen molar-refractivity contribution in [3.8, 4) is 22.5 Å². The van der Waals surface area contributed by atoms with Crippen LogP contribution >= 0.6 is 0 Å². The van der Waals surface area contributed by atoms with Crippen molar-refractivity contribution in [2.24, 2.45) is 5.73 Å². The average molecular weight is 419 g/mol. The highest BCUT2D eigenvalue weighted by molar-refractivity contribution is 5.99. The van der Waals surface area contributed by atoms with Gasteiger partial charge in [0.15, 0.2) is 0 Å². The van der Waals surface area contributed by atoms with Gasteiger partial charge in [-0.25, -0.2) is 4.98 Å². The number of imidazole rings is 1. The maximum Gasteiger partial charge on any atom is 0.252 e. The van der Waals surface area contributed by atoms with Gasteiger partial charge in [0.1, 0.15) is 23.7 Å². The molecule has 9 heteroatoms. The van der Waals surface area contributed by atoms with E-state index in [9.17, 15) is 9.59 Å². The number of rotatable bonds is 3. The van der Waals surface area contributed by atoms with Crippen molar-refractivity contribution >= 4 is 17.5 Å². The zero-order valence-corrected chi connectivity index (χ0v) is 16.8. The predicted molar refractivity (Wildman–Crippen MR) is 113 cm³/mol. The number of likely N-dealkylation sites (tertiary alicyclic amines) is 1. The average Bonchev–Trinajstić information content (AvgIpc) is 3.52. The molecule has 1 aliphatic heterocycles. The molecule has 1 aliphatic rings. The number of pyridine rings is 1. The molecule has 31 heavy (non-hydrogen) atoms. The summed E-state index contributed by atoms with van der Waals surface area (Å²) in [5, 5.41) is 12.7. The molecule has 3 N–H and O–H groups in total. The second kappa shape index (κ2) is 8.41. The van der Waals surface area contributed by atoms with E-state index in [4.69, 9.17) is 15.4 Å². The van der Waals surface area contributed by atoms with Crippen LogP contribution in [0.2, 0.25) is 0 Å². The third-order valence-corrected chi connectivity index (χ3v) is 5.04. The Hall–Kier alpha value is -3.98. The molecule has 0 saturated carbocycles. The molecule has 0 radical (unpaired) electrons. The lowest BCUT2D eigenvalue weighted by Gasteiger charge is -2.04. The molecular formula is C22H21N5O4. The van der Waals surface area contributed by atoms with E-state index >= 15 is 0 Å². The smallest absolute Gasteiger partial charge is 0.252 e. The summed E-state index contributed by atoms with van der Waals surface area (Å²) in [4.78, 5) is 28.2. The van der Waals surface area contributed by atoms with E-state index in [2.05, 4.69) is 10.1 Å². The summed E-state index contributed by atoms with van der Waals surface area (Å²) in [6.07, 6.45) is 5.10. The lowest BCUT2D eigenvalue weighted by Crippen LogP contribution is -2.24. The van der Waals surface area contributed by atoms with Gasteiger partial charge in [0.25, 0.3) is 11.8 Å². The summed E-state index contributed by atoms with van der Waals surface area (Å²) in [6.45, 7) is 0.694. The number of fused-ring (bicyclic) bond motifs is 1. The topological polar surface area (TPSA) is 127 Å². The van der Waals surface area contributed by atoms with Crippen molar-refractivity contribution in [3.63, 3.8) is 0 Å². The van der Waals surface area contributed by atoms with Gasteiger partial charge in [0.2, 0.25) is 0 Å². The van der Waals surface area contributed by atoms with Crippen LogP contribution in [0.1, 0.15) is 16.8 Å². The summed E-state index contributed by atoms with van der Waals surface area (Å²) in [7, 11) is 1.69. The lowest BCUT2D eigenvalue weighted by molar-refractivity contribution is -0.133. The predicted octanol–water partition coefficient (Wildman–Crippen LogP) is 1.96. The fourth-order valence-electron chi connectivity index (χ4n) is 3.35. The van der Waals surface area contributed by atoms with Gasteiger partial charge in [0, 0.05) is 43.2 Å². The van der Waals surface area contributed by atoms with Gasteiger partial charge in [-0.3, -0.25) is 9.59 Å². The number of primary amides is 1. The molecule has 0 bridgehead atoms. The van der Waals surface area contributed by atoms with E-state index in [1.165, 1.54) is 11.2 Å². The number of carbonyl (C=O) groups excluding carboxylic acids is 2.